The number of halogens is 2. The molecule has 0 bridgehead atoms. The molecule has 1 aromatic rings. The second-order valence-corrected chi connectivity index (χ2v) is 8.26. The molecule has 8 heteroatoms. The monoisotopic (exact) mass is 366 g/mol. The van der Waals surface area contributed by atoms with Crippen LogP contribution in [0.3, 0.4) is 0 Å². The van der Waals surface area contributed by atoms with E-state index in [0.717, 1.165) is 6.26 Å². The van der Waals surface area contributed by atoms with Crippen molar-refractivity contribution < 1.29 is 13.2 Å². The van der Waals surface area contributed by atoms with Gasteiger partial charge in [0.1, 0.15) is 0 Å². The Bertz CT molecular complexity index is 633. The summed E-state index contributed by atoms with van der Waals surface area (Å²) in [5.74, 6) is -0.120. The van der Waals surface area contributed by atoms with Gasteiger partial charge in [-0.15, -0.1) is 0 Å². The lowest BCUT2D eigenvalue weighted by Gasteiger charge is -2.21. The van der Waals surface area contributed by atoms with Gasteiger partial charge in [0.2, 0.25) is 15.9 Å². The molecule has 1 rings (SSSR count). The second kappa shape index (κ2) is 8.15. The maximum absolute atomic E-state index is 11.9. The molecular formula is C14H20Cl2N2O3S. The van der Waals surface area contributed by atoms with Crippen LogP contribution in [-0.2, 0) is 14.8 Å². The highest BCUT2D eigenvalue weighted by molar-refractivity contribution is 7.88. The zero-order chi connectivity index (χ0) is 16.9. The Balaban J connectivity index is 2.64. The van der Waals surface area contributed by atoms with Gasteiger partial charge in [-0.05, 0) is 24.1 Å². The molecule has 0 radical (unpaired) electrons. The molecule has 0 fully saturated rings. The van der Waals surface area contributed by atoms with Crippen LogP contribution in [0.15, 0.2) is 18.2 Å². The fourth-order valence-corrected chi connectivity index (χ4v) is 3.28. The standard InChI is InChI=1S/C14H20Cl2N2O3S/c1-10(2)9-18(22(3,20)21)7-6-14(19)17-13-5-4-11(15)8-12(13)16/h4-5,8,10H,6-7,9H2,1-3H3,(H,17,19). The zero-order valence-electron chi connectivity index (χ0n) is 12.8. The highest BCUT2D eigenvalue weighted by Crippen LogP contribution is 2.25. The van der Waals surface area contributed by atoms with E-state index < -0.39 is 10.0 Å². The van der Waals surface area contributed by atoms with Gasteiger partial charge in [-0.1, -0.05) is 37.0 Å². The Morgan fingerprint density at radius 3 is 2.45 bits per heavy atom. The van der Waals surface area contributed by atoms with Gasteiger partial charge in [-0.2, -0.15) is 0 Å². The average Bonchev–Trinajstić information content (AvgIpc) is 2.36. The van der Waals surface area contributed by atoms with Crippen molar-refractivity contribution in [1.29, 1.82) is 0 Å². The van der Waals surface area contributed by atoms with Gasteiger partial charge in [0.15, 0.2) is 0 Å². The largest absolute Gasteiger partial charge is 0.325 e. The van der Waals surface area contributed by atoms with E-state index >= 15 is 0 Å². The highest BCUT2D eigenvalue weighted by atomic mass is 35.5. The minimum atomic E-state index is -3.33. The molecule has 1 N–H and O–H groups in total. The van der Waals surface area contributed by atoms with Crippen molar-refractivity contribution in [3.05, 3.63) is 28.2 Å². The number of sulfonamides is 1. The van der Waals surface area contributed by atoms with Gasteiger partial charge >= 0.3 is 0 Å². The molecule has 0 heterocycles. The molecule has 0 aromatic heterocycles. The van der Waals surface area contributed by atoms with Crippen molar-refractivity contribution in [3.8, 4) is 0 Å². The maximum Gasteiger partial charge on any atom is 0.225 e. The first-order valence-corrected chi connectivity index (χ1v) is 9.40. The van der Waals surface area contributed by atoms with Crippen molar-refractivity contribution in [1.82, 2.24) is 4.31 Å². The van der Waals surface area contributed by atoms with Crippen LogP contribution in [0, 0.1) is 5.92 Å². The van der Waals surface area contributed by atoms with Crippen molar-refractivity contribution in [2.75, 3.05) is 24.7 Å². The topological polar surface area (TPSA) is 66.5 Å². The first kappa shape index (κ1) is 19.2. The van der Waals surface area contributed by atoms with Gasteiger partial charge in [0.05, 0.1) is 17.0 Å². The molecule has 0 atom stereocenters. The van der Waals surface area contributed by atoms with Crippen molar-refractivity contribution in [2.45, 2.75) is 20.3 Å². The summed E-state index contributed by atoms with van der Waals surface area (Å²) < 4.78 is 24.7. The average molecular weight is 367 g/mol. The Morgan fingerprint density at radius 1 is 1.32 bits per heavy atom. The number of rotatable bonds is 7. The molecule has 0 aliphatic rings. The fraction of sp³-hybridized carbons (Fsp3) is 0.500. The normalized spacial score (nSPS) is 12.0. The Morgan fingerprint density at radius 2 is 1.95 bits per heavy atom. The summed E-state index contributed by atoms with van der Waals surface area (Å²) in [5, 5.41) is 3.46. The first-order chi connectivity index (χ1) is 10.1. The van der Waals surface area contributed by atoms with E-state index in [1.165, 1.54) is 10.4 Å². The van der Waals surface area contributed by atoms with E-state index in [1.54, 1.807) is 12.1 Å². The molecule has 0 aliphatic heterocycles. The first-order valence-electron chi connectivity index (χ1n) is 6.79. The van der Waals surface area contributed by atoms with Crippen LogP contribution in [0.2, 0.25) is 10.0 Å². The van der Waals surface area contributed by atoms with Gasteiger partial charge in [0, 0.05) is 24.5 Å². The van der Waals surface area contributed by atoms with Gasteiger partial charge in [-0.3, -0.25) is 4.79 Å². The van der Waals surface area contributed by atoms with E-state index in [0.29, 0.717) is 22.3 Å². The highest BCUT2D eigenvalue weighted by Gasteiger charge is 2.19. The Kier molecular flexibility index (Phi) is 7.12. The minimum Gasteiger partial charge on any atom is -0.325 e. The summed E-state index contributed by atoms with van der Waals surface area (Å²) in [6, 6.07) is 4.75. The maximum atomic E-state index is 11.9. The van der Waals surface area contributed by atoms with Crippen LogP contribution in [0.4, 0.5) is 5.69 Å². The van der Waals surface area contributed by atoms with Gasteiger partial charge < -0.3 is 5.32 Å². The van der Waals surface area contributed by atoms with E-state index in [-0.39, 0.29) is 24.8 Å². The number of anilines is 1. The van der Waals surface area contributed by atoms with Crippen LogP contribution in [0.5, 0.6) is 0 Å². The van der Waals surface area contributed by atoms with E-state index in [1.807, 2.05) is 13.8 Å². The number of hydrogen-bond acceptors (Lipinski definition) is 3. The molecule has 0 aliphatic carbocycles. The van der Waals surface area contributed by atoms with Crippen LogP contribution in [0.1, 0.15) is 20.3 Å². The van der Waals surface area contributed by atoms with Crippen LogP contribution < -0.4 is 5.32 Å². The quantitative estimate of drug-likeness (QED) is 0.805. The zero-order valence-corrected chi connectivity index (χ0v) is 15.1. The number of hydrogen-bond donors (Lipinski definition) is 1. The van der Waals surface area contributed by atoms with Crippen LogP contribution >= 0.6 is 23.2 Å². The number of amides is 1. The lowest BCUT2D eigenvalue weighted by atomic mass is 10.2. The van der Waals surface area contributed by atoms with E-state index in [2.05, 4.69) is 5.32 Å². The third-order valence-electron chi connectivity index (χ3n) is 2.83. The molecule has 0 saturated carbocycles. The second-order valence-electron chi connectivity index (χ2n) is 5.44. The molecule has 22 heavy (non-hydrogen) atoms. The van der Waals surface area contributed by atoms with Gasteiger partial charge in [0.25, 0.3) is 0 Å². The summed E-state index contributed by atoms with van der Waals surface area (Å²) in [4.78, 5) is 11.9. The number of carbonyl (C=O) groups is 1. The van der Waals surface area contributed by atoms with Crippen molar-refractivity contribution in [2.24, 2.45) is 5.92 Å². The van der Waals surface area contributed by atoms with Crippen LogP contribution in [-0.4, -0.2) is 38.0 Å². The molecule has 1 amide bonds. The predicted molar refractivity (Wildman–Crippen MR) is 91.0 cm³/mol. The number of nitrogens with one attached hydrogen (secondary N) is 1. The number of carbonyl (C=O) groups excluding carboxylic acids is 1. The summed E-state index contributed by atoms with van der Waals surface area (Å²) in [6.45, 7) is 4.36. The Labute approximate surface area is 141 Å². The summed E-state index contributed by atoms with van der Waals surface area (Å²) in [7, 11) is -3.33. The van der Waals surface area contributed by atoms with E-state index in [4.69, 9.17) is 23.2 Å². The van der Waals surface area contributed by atoms with Crippen LogP contribution in [0.25, 0.3) is 0 Å². The third-order valence-corrected chi connectivity index (χ3v) is 4.65. The third kappa shape index (κ3) is 6.52. The van der Waals surface area contributed by atoms with Gasteiger partial charge in [-0.25, -0.2) is 12.7 Å². The molecule has 124 valence electrons. The fourth-order valence-electron chi connectivity index (χ4n) is 1.83. The number of nitrogens with zero attached hydrogens (tertiary/aromatic N) is 1. The van der Waals surface area contributed by atoms with Crippen molar-refractivity contribution >= 4 is 44.8 Å². The van der Waals surface area contributed by atoms with Crippen molar-refractivity contribution in [3.63, 3.8) is 0 Å². The minimum absolute atomic E-state index is 0.0543. The summed E-state index contributed by atoms with van der Waals surface area (Å²) >= 11 is 11.8. The summed E-state index contributed by atoms with van der Waals surface area (Å²) in [5.41, 5.74) is 0.450. The Hall–Kier alpha value is -0.820. The smallest absolute Gasteiger partial charge is 0.225 e. The predicted octanol–water partition coefficient (Wildman–Crippen LogP) is 3.24. The molecule has 0 saturated heterocycles. The lowest BCUT2D eigenvalue weighted by molar-refractivity contribution is -0.116. The molecular weight excluding hydrogens is 347 g/mol. The number of benzene rings is 1. The summed E-state index contributed by atoms with van der Waals surface area (Å²) in [6.07, 6.45) is 1.20. The molecule has 0 unspecified atom stereocenters. The molecule has 1 aromatic carbocycles. The lowest BCUT2D eigenvalue weighted by Crippen LogP contribution is -2.35. The molecule has 0 spiro atoms. The SMILES string of the molecule is CC(C)CN(CCC(=O)Nc1ccc(Cl)cc1Cl)S(C)(=O)=O. The van der Waals surface area contributed by atoms with E-state index in [9.17, 15) is 13.2 Å². The molecule has 5 nitrogen and oxygen atoms in total.